The average molecular weight is 466 g/mol. The number of nitriles is 1. The van der Waals surface area contributed by atoms with E-state index in [2.05, 4.69) is 20.2 Å². The van der Waals surface area contributed by atoms with Crippen molar-refractivity contribution in [3.8, 4) is 11.8 Å². The highest BCUT2D eigenvalue weighted by molar-refractivity contribution is 6.31. The standard InChI is InChI=1S/C24H24ClN5O3/c25-21-7-17(4-1-14(21)8-26)33-16-5-2-15(3-6-16)29-24(32)22-9-28-23(10-27-22)30-11-18-19(12-30)20(18)13-31/h1,4,7,9-10,13,15-16,18-20H,2-3,5-6,11-12H2,(H,29,32)/t15?,16?,18-,19+,20-. The van der Waals surface area contributed by atoms with E-state index in [9.17, 15) is 9.59 Å². The Bertz CT molecular complexity index is 1080. The number of carbonyl (C=O) groups excluding carboxylic acids is 2. The van der Waals surface area contributed by atoms with Crippen molar-refractivity contribution in [2.24, 2.45) is 17.8 Å². The summed E-state index contributed by atoms with van der Waals surface area (Å²) >= 11 is 6.08. The fourth-order valence-corrected chi connectivity index (χ4v) is 5.21. The van der Waals surface area contributed by atoms with Gasteiger partial charge in [-0.15, -0.1) is 0 Å². The zero-order valence-electron chi connectivity index (χ0n) is 18.0. The Hall–Kier alpha value is -3.18. The smallest absolute Gasteiger partial charge is 0.271 e. The molecule has 0 unspecified atom stereocenters. The Morgan fingerprint density at radius 1 is 1.18 bits per heavy atom. The SMILES string of the molecule is N#Cc1ccc(OC2CCC(NC(=O)c3cnc(N4C[C@@H]5[C@H](C=O)[C@@H]5C4)cn3)CC2)cc1Cl. The number of piperidine rings is 1. The third-order valence-corrected chi connectivity index (χ3v) is 7.30. The van der Waals surface area contributed by atoms with Crippen molar-refractivity contribution in [2.45, 2.75) is 37.8 Å². The van der Waals surface area contributed by atoms with Gasteiger partial charge >= 0.3 is 0 Å². The molecular weight excluding hydrogens is 442 g/mol. The quantitative estimate of drug-likeness (QED) is 0.653. The molecule has 3 aliphatic rings. The third-order valence-electron chi connectivity index (χ3n) is 6.99. The van der Waals surface area contributed by atoms with E-state index in [1.165, 1.54) is 6.20 Å². The van der Waals surface area contributed by atoms with Gasteiger partial charge < -0.3 is 19.7 Å². The van der Waals surface area contributed by atoms with Crippen molar-refractivity contribution < 1.29 is 14.3 Å². The number of carbonyl (C=O) groups is 2. The fourth-order valence-electron chi connectivity index (χ4n) is 5.00. The van der Waals surface area contributed by atoms with Gasteiger partial charge in [-0.2, -0.15) is 5.26 Å². The van der Waals surface area contributed by atoms with Gasteiger partial charge in [0, 0.05) is 31.1 Å². The summed E-state index contributed by atoms with van der Waals surface area (Å²) in [5.41, 5.74) is 0.731. The maximum Gasteiger partial charge on any atom is 0.271 e. The number of amides is 1. The molecule has 170 valence electrons. The van der Waals surface area contributed by atoms with Crippen LogP contribution in [0.4, 0.5) is 5.82 Å². The number of halogens is 1. The molecule has 1 aromatic heterocycles. The molecule has 2 heterocycles. The molecule has 3 atom stereocenters. The van der Waals surface area contributed by atoms with Gasteiger partial charge in [0.1, 0.15) is 29.6 Å². The van der Waals surface area contributed by atoms with Gasteiger partial charge in [0.15, 0.2) is 0 Å². The molecule has 1 saturated heterocycles. The molecule has 1 aromatic carbocycles. The Morgan fingerprint density at radius 3 is 2.55 bits per heavy atom. The summed E-state index contributed by atoms with van der Waals surface area (Å²) in [4.78, 5) is 34.4. The molecule has 2 aromatic rings. The molecular formula is C24H24ClN5O3. The van der Waals surface area contributed by atoms with Gasteiger partial charge in [-0.3, -0.25) is 4.79 Å². The van der Waals surface area contributed by atoms with Crippen LogP contribution in [0.2, 0.25) is 5.02 Å². The molecule has 33 heavy (non-hydrogen) atoms. The van der Waals surface area contributed by atoms with Crippen LogP contribution in [0, 0.1) is 29.1 Å². The number of rotatable bonds is 6. The Labute approximate surface area is 196 Å². The second-order valence-corrected chi connectivity index (χ2v) is 9.43. The van der Waals surface area contributed by atoms with Crippen LogP contribution in [0.25, 0.3) is 0 Å². The molecule has 1 aliphatic heterocycles. The van der Waals surface area contributed by atoms with Gasteiger partial charge in [-0.1, -0.05) is 11.6 Å². The van der Waals surface area contributed by atoms with E-state index in [1.807, 2.05) is 6.07 Å². The van der Waals surface area contributed by atoms with E-state index < -0.39 is 0 Å². The zero-order chi connectivity index (χ0) is 22.9. The molecule has 8 nitrogen and oxygen atoms in total. The van der Waals surface area contributed by atoms with Crippen molar-refractivity contribution in [1.29, 1.82) is 5.26 Å². The van der Waals surface area contributed by atoms with E-state index in [0.29, 0.717) is 33.9 Å². The first-order valence-corrected chi connectivity index (χ1v) is 11.6. The van der Waals surface area contributed by atoms with Crippen molar-refractivity contribution in [3.05, 3.63) is 46.9 Å². The predicted molar refractivity (Wildman–Crippen MR) is 121 cm³/mol. The van der Waals surface area contributed by atoms with Gasteiger partial charge in [0.05, 0.1) is 29.1 Å². The highest BCUT2D eigenvalue weighted by Gasteiger charge is 2.55. The maximum atomic E-state index is 12.6. The van der Waals surface area contributed by atoms with Crippen molar-refractivity contribution in [2.75, 3.05) is 18.0 Å². The lowest BCUT2D eigenvalue weighted by atomic mass is 9.93. The van der Waals surface area contributed by atoms with E-state index in [0.717, 1.165) is 50.9 Å². The Balaban J connectivity index is 1.09. The molecule has 9 heteroatoms. The second kappa shape index (κ2) is 8.99. The van der Waals surface area contributed by atoms with E-state index in [4.69, 9.17) is 21.6 Å². The first kappa shape index (κ1) is 21.7. The molecule has 1 amide bonds. The van der Waals surface area contributed by atoms with Gasteiger partial charge in [0.2, 0.25) is 0 Å². The monoisotopic (exact) mass is 465 g/mol. The highest BCUT2D eigenvalue weighted by atomic mass is 35.5. The number of ether oxygens (including phenoxy) is 1. The second-order valence-electron chi connectivity index (χ2n) is 9.02. The first-order chi connectivity index (χ1) is 16.1. The van der Waals surface area contributed by atoms with E-state index in [1.54, 1.807) is 24.4 Å². The topological polar surface area (TPSA) is 108 Å². The van der Waals surface area contributed by atoms with Crippen LogP contribution in [0.1, 0.15) is 41.7 Å². The molecule has 0 radical (unpaired) electrons. The number of nitrogens with one attached hydrogen (secondary N) is 1. The lowest BCUT2D eigenvalue weighted by Crippen LogP contribution is -2.40. The fraction of sp³-hybridized carbons (Fsp3) is 0.458. The number of aromatic nitrogens is 2. The predicted octanol–water partition coefficient (Wildman–Crippen LogP) is 3.00. The van der Waals surface area contributed by atoms with Crippen LogP contribution in [-0.2, 0) is 4.79 Å². The number of nitrogens with zero attached hydrogens (tertiary/aromatic N) is 4. The van der Waals surface area contributed by atoms with Crippen molar-refractivity contribution in [3.63, 3.8) is 0 Å². The summed E-state index contributed by atoms with van der Waals surface area (Å²) in [5, 5.41) is 12.4. The lowest BCUT2D eigenvalue weighted by Gasteiger charge is -2.29. The summed E-state index contributed by atoms with van der Waals surface area (Å²) in [6.07, 6.45) is 7.51. The number of aldehydes is 1. The minimum atomic E-state index is -0.220. The van der Waals surface area contributed by atoms with E-state index in [-0.39, 0.29) is 24.0 Å². The molecule has 1 N–H and O–H groups in total. The van der Waals surface area contributed by atoms with Crippen LogP contribution < -0.4 is 15.0 Å². The Kier molecular flexibility index (Phi) is 5.90. The molecule has 3 fully saturated rings. The van der Waals surface area contributed by atoms with Crippen LogP contribution in [0.15, 0.2) is 30.6 Å². The molecule has 0 spiro atoms. The Morgan fingerprint density at radius 2 is 1.94 bits per heavy atom. The number of hydrogen-bond acceptors (Lipinski definition) is 7. The number of benzene rings is 1. The van der Waals surface area contributed by atoms with Gasteiger partial charge in [-0.05, 0) is 49.7 Å². The zero-order valence-corrected chi connectivity index (χ0v) is 18.7. The summed E-state index contributed by atoms with van der Waals surface area (Å²) < 4.78 is 6.01. The highest BCUT2D eigenvalue weighted by Crippen LogP contribution is 2.50. The van der Waals surface area contributed by atoms with E-state index >= 15 is 0 Å². The summed E-state index contributed by atoms with van der Waals surface area (Å²) in [6, 6.07) is 7.18. The first-order valence-electron chi connectivity index (χ1n) is 11.2. The number of anilines is 1. The summed E-state index contributed by atoms with van der Waals surface area (Å²) in [6.45, 7) is 1.66. The normalized spacial score (nSPS) is 27.9. The maximum absolute atomic E-state index is 12.6. The van der Waals surface area contributed by atoms with Crippen LogP contribution in [0.5, 0.6) is 5.75 Å². The van der Waals surface area contributed by atoms with Gasteiger partial charge in [-0.25, -0.2) is 9.97 Å². The molecule has 0 bridgehead atoms. The minimum Gasteiger partial charge on any atom is -0.490 e. The van der Waals surface area contributed by atoms with Crippen LogP contribution in [0.3, 0.4) is 0 Å². The molecule has 5 rings (SSSR count). The lowest BCUT2D eigenvalue weighted by molar-refractivity contribution is -0.109. The van der Waals surface area contributed by atoms with Crippen LogP contribution in [-0.4, -0.2) is 47.4 Å². The number of fused-ring (bicyclic) bond motifs is 1. The molecule has 2 aliphatic carbocycles. The van der Waals surface area contributed by atoms with Crippen molar-refractivity contribution >= 4 is 29.6 Å². The number of hydrogen-bond donors (Lipinski definition) is 1. The van der Waals surface area contributed by atoms with Gasteiger partial charge in [0.25, 0.3) is 5.91 Å². The summed E-state index contributed by atoms with van der Waals surface area (Å²) in [7, 11) is 0. The third kappa shape index (κ3) is 4.51. The largest absolute Gasteiger partial charge is 0.490 e. The van der Waals surface area contributed by atoms with Crippen molar-refractivity contribution in [1.82, 2.24) is 15.3 Å². The molecule has 2 saturated carbocycles. The van der Waals surface area contributed by atoms with Crippen LogP contribution >= 0.6 is 11.6 Å². The summed E-state index contributed by atoms with van der Waals surface area (Å²) in [5.74, 6) is 2.28. The average Bonchev–Trinajstić information content (AvgIpc) is 3.30. The minimum absolute atomic E-state index is 0.0479.